The molecule has 2 heterocycles. The van der Waals surface area contributed by atoms with Crippen LogP contribution in [0.1, 0.15) is 35.2 Å². The predicted molar refractivity (Wildman–Crippen MR) is 112 cm³/mol. The van der Waals surface area contributed by atoms with Crippen LogP contribution in [0.15, 0.2) is 53.7 Å². The van der Waals surface area contributed by atoms with Crippen molar-refractivity contribution in [3.05, 3.63) is 59.8 Å². The zero-order valence-electron chi connectivity index (χ0n) is 16.4. The molecule has 1 saturated carbocycles. The normalized spacial score (nSPS) is 21.7. The summed E-state index contributed by atoms with van der Waals surface area (Å²) in [6.45, 7) is 1.49. The van der Waals surface area contributed by atoms with E-state index in [4.69, 9.17) is 4.74 Å². The van der Waals surface area contributed by atoms with E-state index in [1.807, 2.05) is 30.3 Å². The third-order valence-corrected chi connectivity index (χ3v) is 6.44. The summed E-state index contributed by atoms with van der Waals surface area (Å²) in [5.41, 5.74) is 1.61. The van der Waals surface area contributed by atoms with E-state index < -0.39 is 0 Å². The Kier molecular flexibility index (Phi) is 6.16. The van der Waals surface area contributed by atoms with Crippen molar-refractivity contribution in [1.29, 1.82) is 0 Å². The maximum atomic E-state index is 12.8. The van der Waals surface area contributed by atoms with Gasteiger partial charge in [0, 0.05) is 30.6 Å². The quantitative estimate of drug-likeness (QED) is 0.707. The molecule has 4 rings (SSSR count). The Morgan fingerprint density at radius 2 is 2.00 bits per heavy atom. The molecule has 6 nitrogen and oxygen atoms in total. The number of thioether (sulfide) groups is 1. The first-order chi connectivity index (χ1) is 14.1. The van der Waals surface area contributed by atoms with Crippen LogP contribution in [-0.2, 0) is 16.1 Å². The van der Waals surface area contributed by atoms with Gasteiger partial charge in [0.2, 0.25) is 5.91 Å². The Bertz CT molecular complexity index is 855. The summed E-state index contributed by atoms with van der Waals surface area (Å²) in [6, 6.07) is 13.5. The van der Waals surface area contributed by atoms with Crippen molar-refractivity contribution in [3.8, 4) is 0 Å². The molecule has 2 aliphatic rings. The SMILES string of the molecule is COC(=O)c1ccc(CN2C[C@H](Sc3ccccn3)C[C@H]2C(=O)NC2CC2)cc1. The Balaban J connectivity index is 1.45. The number of amides is 1. The van der Waals surface area contributed by atoms with Gasteiger partial charge >= 0.3 is 5.97 Å². The van der Waals surface area contributed by atoms with Crippen molar-refractivity contribution in [2.75, 3.05) is 13.7 Å². The minimum atomic E-state index is -0.341. The van der Waals surface area contributed by atoms with E-state index in [1.54, 1.807) is 30.1 Å². The smallest absolute Gasteiger partial charge is 0.337 e. The Hall–Kier alpha value is -2.38. The summed E-state index contributed by atoms with van der Waals surface area (Å²) < 4.78 is 4.76. The molecule has 1 amide bonds. The lowest BCUT2D eigenvalue weighted by Gasteiger charge is -2.23. The third-order valence-electron chi connectivity index (χ3n) is 5.28. The molecule has 1 aliphatic carbocycles. The summed E-state index contributed by atoms with van der Waals surface area (Å²) >= 11 is 1.74. The highest BCUT2D eigenvalue weighted by atomic mass is 32.2. The summed E-state index contributed by atoms with van der Waals surface area (Å²) in [4.78, 5) is 31.1. The second kappa shape index (κ2) is 8.97. The highest BCUT2D eigenvalue weighted by molar-refractivity contribution is 7.99. The molecule has 1 saturated heterocycles. The first kappa shape index (κ1) is 19.9. The maximum Gasteiger partial charge on any atom is 0.337 e. The summed E-state index contributed by atoms with van der Waals surface area (Å²) in [5.74, 6) is -0.214. The zero-order chi connectivity index (χ0) is 20.2. The van der Waals surface area contributed by atoms with Crippen LogP contribution in [0.2, 0.25) is 0 Å². The molecule has 1 aromatic carbocycles. The highest BCUT2D eigenvalue weighted by Crippen LogP contribution is 2.33. The van der Waals surface area contributed by atoms with Crippen LogP contribution in [0.3, 0.4) is 0 Å². The van der Waals surface area contributed by atoms with E-state index in [1.165, 1.54) is 7.11 Å². The predicted octanol–water partition coefficient (Wildman–Crippen LogP) is 2.88. The third kappa shape index (κ3) is 5.16. The number of methoxy groups -OCH3 is 1. The maximum absolute atomic E-state index is 12.8. The fourth-order valence-electron chi connectivity index (χ4n) is 3.61. The fraction of sp³-hybridized carbons (Fsp3) is 0.409. The number of aromatic nitrogens is 1. The highest BCUT2D eigenvalue weighted by Gasteiger charge is 2.39. The second-order valence-corrected chi connectivity index (χ2v) is 8.88. The number of carbonyl (C=O) groups is 2. The number of ether oxygens (including phenoxy) is 1. The van der Waals surface area contributed by atoms with Crippen molar-refractivity contribution < 1.29 is 14.3 Å². The number of hydrogen-bond donors (Lipinski definition) is 1. The molecule has 2 aromatic rings. The molecule has 0 radical (unpaired) electrons. The van der Waals surface area contributed by atoms with Crippen LogP contribution >= 0.6 is 11.8 Å². The van der Waals surface area contributed by atoms with Gasteiger partial charge in [-0.1, -0.05) is 18.2 Å². The van der Waals surface area contributed by atoms with Gasteiger partial charge < -0.3 is 10.1 Å². The van der Waals surface area contributed by atoms with Crippen molar-refractivity contribution in [2.24, 2.45) is 0 Å². The van der Waals surface area contributed by atoms with Gasteiger partial charge in [-0.25, -0.2) is 9.78 Å². The Morgan fingerprint density at radius 3 is 2.66 bits per heavy atom. The van der Waals surface area contributed by atoms with E-state index >= 15 is 0 Å². The molecule has 0 spiro atoms. The molecule has 7 heteroatoms. The number of esters is 1. The van der Waals surface area contributed by atoms with Gasteiger partial charge in [-0.15, -0.1) is 11.8 Å². The number of rotatable bonds is 7. The van der Waals surface area contributed by atoms with Gasteiger partial charge in [0.05, 0.1) is 23.7 Å². The number of pyridine rings is 1. The molecule has 1 aliphatic heterocycles. The largest absolute Gasteiger partial charge is 0.465 e. The van der Waals surface area contributed by atoms with E-state index in [0.29, 0.717) is 23.4 Å². The molecular formula is C22H25N3O3S. The lowest BCUT2D eigenvalue weighted by atomic mass is 10.1. The number of nitrogens with zero attached hydrogens (tertiary/aromatic N) is 2. The molecule has 2 fully saturated rings. The molecule has 1 aromatic heterocycles. The van der Waals surface area contributed by atoms with Crippen LogP contribution in [0.5, 0.6) is 0 Å². The summed E-state index contributed by atoms with van der Waals surface area (Å²) in [6.07, 6.45) is 4.77. The molecular weight excluding hydrogens is 386 g/mol. The van der Waals surface area contributed by atoms with Crippen LogP contribution in [-0.4, -0.2) is 52.7 Å². The number of likely N-dealkylation sites (tertiary alicyclic amines) is 1. The zero-order valence-corrected chi connectivity index (χ0v) is 17.2. The molecule has 2 atom stereocenters. The lowest BCUT2D eigenvalue weighted by Crippen LogP contribution is -2.43. The lowest BCUT2D eigenvalue weighted by molar-refractivity contribution is -0.125. The van der Waals surface area contributed by atoms with E-state index in [-0.39, 0.29) is 17.9 Å². The van der Waals surface area contributed by atoms with Crippen molar-refractivity contribution in [1.82, 2.24) is 15.2 Å². The average molecular weight is 412 g/mol. The summed E-state index contributed by atoms with van der Waals surface area (Å²) in [5, 5.41) is 4.46. The molecule has 0 unspecified atom stereocenters. The molecule has 152 valence electrons. The fourth-order valence-corrected chi connectivity index (χ4v) is 4.77. The first-order valence-electron chi connectivity index (χ1n) is 9.92. The minimum Gasteiger partial charge on any atom is -0.465 e. The van der Waals surface area contributed by atoms with E-state index in [2.05, 4.69) is 15.2 Å². The van der Waals surface area contributed by atoms with Gasteiger partial charge in [0.25, 0.3) is 0 Å². The number of hydrogen-bond acceptors (Lipinski definition) is 6. The van der Waals surface area contributed by atoms with Crippen LogP contribution < -0.4 is 5.32 Å². The number of benzene rings is 1. The van der Waals surface area contributed by atoms with Crippen molar-refractivity contribution in [2.45, 2.75) is 48.2 Å². The van der Waals surface area contributed by atoms with Crippen molar-refractivity contribution in [3.63, 3.8) is 0 Å². The van der Waals surface area contributed by atoms with E-state index in [0.717, 1.165) is 36.4 Å². The van der Waals surface area contributed by atoms with Crippen molar-refractivity contribution >= 4 is 23.6 Å². The van der Waals surface area contributed by atoms with Crippen LogP contribution in [0, 0.1) is 0 Å². The molecule has 0 bridgehead atoms. The Labute approximate surface area is 175 Å². The standard InChI is InChI=1S/C22H25N3O3S/c1-28-22(27)16-7-5-15(6-8-16)13-25-14-18(29-20-4-2-3-11-23-20)12-19(25)21(26)24-17-9-10-17/h2-8,11,17-19H,9-10,12-14H2,1H3,(H,24,26)/t18-,19+/m1/s1. The average Bonchev–Trinajstić information content (AvgIpc) is 3.47. The summed E-state index contributed by atoms with van der Waals surface area (Å²) in [7, 11) is 1.38. The number of carbonyl (C=O) groups excluding carboxylic acids is 2. The molecule has 1 N–H and O–H groups in total. The second-order valence-electron chi connectivity index (χ2n) is 7.56. The number of nitrogens with one attached hydrogen (secondary N) is 1. The van der Waals surface area contributed by atoms with Gasteiger partial charge in [0.1, 0.15) is 0 Å². The topological polar surface area (TPSA) is 71.5 Å². The van der Waals surface area contributed by atoms with Gasteiger partial charge in [-0.2, -0.15) is 0 Å². The van der Waals surface area contributed by atoms with E-state index in [9.17, 15) is 9.59 Å². The first-order valence-corrected chi connectivity index (χ1v) is 10.8. The molecule has 29 heavy (non-hydrogen) atoms. The Morgan fingerprint density at radius 1 is 1.21 bits per heavy atom. The minimum absolute atomic E-state index is 0.128. The van der Waals surface area contributed by atoms with Gasteiger partial charge in [-0.05, 0) is 49.1 Å². The van der Waals surface area contributed by atoms with Crippen LogP contribution in [0.25, 0.3) is 0 Å². The van der Waals surface area contributed by atoms with Gasteiger partial charge in [0.15, 0.2) is 0 Å². The van der Waals surface area contributed by atoms with Crippen LogP contribution in [0.4, 0.5) is 0 Å². The monoisotopic (exact) mass is 411 g/mol. The van der Waals surface area contributed by atoms with Gasteiger partial charge in [-0.3, -0.25) is 9.69 Å².